The van der Waals surface area contributed by atoms with Gasteiger partial charge in [-0.25, -0.2) is 0 Å². The quantitative estimate of drug-likeness (QED) is 0.132. The zero-order valence-electron chi connectivity index (χ0n) is 66.2. The average molecular weight is 1650 g/mol. The third-order valence-electron chi connectivity index (χ3n) is 24.0. The van der Waals surface area contributed by atoms with Gasteiger partial charge >= 0.3 is 0 Å². The maximum Gasteiger partial charge on any atom is 0.143 e. The zero-order chi connectivity index (χ0) is 82.2. The summed E-state index contributed by atoms with van der Waals surface area (Å²) in [4.78, 5) is 51.1. The molecule has 0 aliphatic rings. The fraction of sp³-hybridized carbons (Fsp3) is 0. The van der Waals surface area contributed by atoms with E-state index in [0.717, 1.165) is 160 Å². The minimum absolute atomic E-state index is 0.717. The summed E-state index contributed by atoms with van der Waals surface area (Å²) in [5, 5.41) is 13.3. The molecule has 582 valence electrons. The van der Waals surface area contributed by atoms with Crippen LogP contribution in [-0.2, 0) is 0 Å². The largest absolute Gasteiger partial charge is 0.455 e. The Morgan fingerprint density at radius 3 is 1.04 bits per heavy atom. The summed E-state index contributed by atoms with van der Waals surface area (Å²) in [5.41, 5.74) is 29.7. The molecule has 0 spiro atoms. The first kappa shape index (κ1) is 71.8. The molecule has 0 saturated carbocycles. The minimum atomic E-state index is 0.717. The van der Waals surface area contributed by atoms with Crippen molar-refractivity contribution in [1.29, 1.82) is 0 Å². The van der Waals surface area contributed by atoms with Crippen molar-refractivity contribution in [3.63, 3.8) is 0 Å². The molecule has 16 aromatic carbocycles. The lowest BCUT2D eigenvalue weighted by atomic mass is 9.91. The van der Waals surface area contributed by atoms with Gasteiger partial charge in [-0.1, -0.05) is 194 Å². The van der Waals surface area contributed by atoms with Crippen LogP contribution < -0.4 is 0 Å². The van der Waals surface area contributed by atoms with Gasteiger partial charge < -0.3 is 8.83 Å². The third-order valence-corrected chi connectivity index (χ3v) is 27.6. The Morgan fingerprint density at radius 1 is 0.168 bits per heavy atom. The number of hydrogen-bond acceptors (Lipinski definition) is 16. The van der Waals surface area contributed by atoms with Gasteiger partial charge in [0, 0.05) is 178 Å². The third kappa shape index (κ3) is 12.1. The number of hydrogen-bond donors (Lipinski definition) is 0. The number of nitrogens with zero attached hydrogens (tertiary/aromatic N) is 11. The topological polar surface area (TPSA) is 168 Å². The van der Waals surface area contributed by atoms with Crippen molar-refractivity contribution >= 4 is 204 Å². The minimum Gasteiger partial charge on any atom is -0.455 e. The number of fused-ring (bicyclic) bond motifs is 24. The van der Waals surface area contributed by atoms with Gasteiger partial charge in [0.15, 0.2) is 0 Å². The number of furan rings is 2. The van der Waals surface area contributed by atoms with Crippen molar-refractivity contribution in [2.45, 2.75) is 0 Å². The average Bonchev–Trinajstić information content (AvgIpc) is 1.73. The number of rotatable bonds is 8. The molecule has 0 radical (unpaired) electrons. The fourth-order valence-electron chi connectivity index (χ4n) is 18.3. The molecule has 0 amide bonds. The molecule has 27 aromatic rings. The van der Waals surface area contributed by atoms with Crippen molar-refractivity contribution in [2.24, 2.45) is 0 Å². The lowest BCUT2D eigenvalue weighted by Gasteiger charge is -2.14. The van der Waals surface area contributed by atoms with Gasteiger partial charge in [0.1, 0.15) is 49.9 Å². The van der Waals surface area contributed by atoms with Gasteiger partial charge in [-0.15, -0.1) is 34.0 Å². The van der Waals surface area contributed by atoms with Gasteiger partial charge in [-0.2, -0.15) is 0 Å². The summed E-state index contributed by atoms with van der Waals surface area (Å²) in [6, 6.07) is 108. The molecule has 125 heavy (non-hydrogen) atoms. The summed E-state index contributed by atoms with van der Waals surface area (Å²) in [5.74, 6) is 0. The molecule has 0 bridgehead atoms. The molecule has 0 aliphatic carbocycles. The van der Waals surface area contributed by atoms with Crippen LogP contribution in [-0.4, -0.2) is 54.8 Å². The smallest absolute Gasteiger partial charge is 0.143 e. The highest BCUT2D eigenvalue weighted by molar-refractivity contribution is 7.27. The molecule has 16 heteroatoms. The van der Waals surface area contributed by atoms with E-state index in [-0.39, 0.29) is 0 Å². The first-order chi connectivity index (χ1) is 61.9. The van der Waals surface area contributed by atoms with Crippen LogP contribution in [0.15, 0.2) is 380 Å². The van der Waals surface area contributed by atoms with Crippen molar-refractivity contribution in [1.82, 2.24) is 54.8 Å². The Bertz CT molecular complexity index is 8480. The summed E-state index contributed by atoms with van der Waals surface area (Å²) in [7, 11) is 0. The molecule has 0 atom stereocenters. The molecule has 0 unspecified atom stereocenters. The molecular formula is C109H61N11O2S3. The highest BCUT2D eigenvalue weighted by Gasteiger charge is 2.24. The highest BCUT2D eigenvalue weighted by atomic mass is 32.1. The van der Waals surface area contributed by atoms with E-state index < -0.39 is 0 Å². The lowest BCUT2D eigenvalue weighted by molar-refractivity contribution is 0.670. The maximum atomic E-state index is 6.51. The first-order valence-corrected chi connectivity index (χ1v) is 43.5. The van der Waals surface area contributed by atoms with Crippen LogP contribution in [0.25, 0.3) is 259 Å². The van der Waals surface area contributed by atoms with Gasteiger partial charge in [-0.3, -0.25) is 54.8 Å². The Hall–Kier alpha value is -16.1. The van der Waals surface area contributed by atoms with E-state index in [4.69, 9.17) is 28.8 Å². The van der Waals surface area contributed by atoms with Gasteiger partial charge in [0.2, 0.25) is 0 Å². The fourth-order valence-corrected chi connectivity index (χ4v) is 21.8. The molecule has 0 aliphatic heterocycles. The number of benzene rings is 16. The Labute approximate surface area is 723 Å². The van der Waals surface area contributed by atoms with E-state index in [9.17, 15) is 0 Å². The standard InChI is InChI=1S/C40H22N4O2.C40H22N4S2.C29H17N3S/c2*1-3-13-34-28(7-1)30-11-5-9-26(39(30)45-34)23-19-24(27-10-6-12-31-29-8-2-4-14-35(29)46-40(27)31)21-25(20-23)32-22-33-37(43-16-15-41-33)38-36(32)42-17-18-44-38;1-2-4-26-22(3-1)24-17-20(9-12-27(24)33-26)18-5-7-19(8-6-18)21-13-14-31-28-23(21)10-11-25-29(28)32-16-15-30-25/h2*1-22H;1-17H. The molecule has 27 rings (SSSR count). The van der Waals surface area contributed by atoms with Crippen LogP contribution in [0.5, 0.6) is 0 Å². The summed E-state index contributed by atoms with van der Waals surface area (Å²) in [6.45, 7) is 0. The van der Waals surface area contributed by atoms with Gasteiger partial charge in [-0.05, 0) is 176 Å². The molecule has 13 nitrogen and oxygen atoms in total. The molecule has 11 heterocycles. The van der Waals surface area contributed by atoms with Gasteiger partial charge in [0.05, 0.1) is 33.1 Å². The second kappa shape index (κ2) is 29.4. The second-order valence-electron chi connectivity index (χ2n) is 31.1. The van der Waals surface area contributed by atoms with Crippen molar-refractivity contribution < 1.29 is 8.83 Å². The van der Waals surface area contributed by atoms with E-state index in [1.807, 2.05) is 82.7 Å². The lowest BCUT2D eigenvalue weighted by Crippen LogP contribution is -1.94. The Balaban J connectivity index is 0.000000104. The van der Waals surface area contributed by atoms with E-state index in [0.29, 0.717) is 5.52 Å². The highest BCUT2D eigenvalue weighted by Crippen LogP contribution is 2.49. The van der Waals surface area contributed by atoms with Crippen molar-refractivity contribution in [2.75, 3.05) is 0 Å². The van der Waals surface area contributed by atoms with E-state index in [2.05, 4.69) is 296 Å². The number of aromatic nitrogens is 11. The predicted molar refractivity (Wildman–Crippen MR) is 517 cm³/mol. The second-order valence-corrected chi connectivity index (χ2v) is 34.2. The van der Waals surface area contributed by atoms with Crippen LogP contribution in [0.1, 0.15) is 0 Å². The molecular weight excluding hydrogens is 1590 g/mol. The zero-order valence-corrected chi connectivity index (χ0v) is 68.6. The van der Waals surface area contributed by atoms with Crippen molar-refractivity contribution in [3.05, 3.63) is 371 Å². The Morgan fingerprint density at radius 2 is 0.528 bits per heavy atom. The van der Waals surface area contributed by atoms with Crippen LogP contribution >= 0.6 is 34.0 Å². The van der Waals surface area contributed by atoms with Crippen molar-refractivity contribution in [3.8, 4) is 89.0 Å². The molecule has 0 fully saturated rings. The Kier molecular flexibility index (Phi) is 16.9. The molecule has 0 N–H and O–H groups in total. The van der Waals surface area contributed by atoms with Crippen LogP contribution in [0.3, 0.4) is 0 Å². The predicted octanol–water partition coefficient (Wildman–Crippen LogP) is 29.6. The van der Waals surface area contributed by atoms with Gasteiger partial charge in [0.25, 0.3) is 0 Å². The maximum absolute atomic E-state index is 6.51. The summed E-state index contributed by atoms with van der Waals surface area (Å²) < 4.78 is 20.9. The molecule has 11 aromatic heterocycles. The van der Waals surface area contributed by atoms with Crippen LogP contribution in [0.4, 0.5) is 0 Å². The number of para-hydroxylation sites is 4. The monoisotopic (exact) mass is 1650 g/mol. The normalized spacial score (nSPS) is 11.8. The van der Waals surface area contributed by atoms with E-state index in [1.165, 1.54) is 93.9 Å². The van der Waals surface area contributed by atoms with E-state index >= 15 is 0 Å². The van der Waals surface area contributed by atoms with E-state index in [1.54, 1.807) is 62.0 Å². The number of thiophene rings is 3. The number of pyridine rings is 1. The van der Waals surface area contributed by atoms with Crippen LogP contribution in [0, 0.1) is 0 Å². The van der Waals surface area contributed by atoms with Crippen LogP contribution in [0.2, 0.25) is 0 Å². The molecule has 0 saturated heterocycles. The summed E-state index contributed by atoms with van der Waals surface area (Å²) in [6.07, 6.45) is 19.1. The SMILES string of the molecule is c1ccc2c(c1)oc1c(-c3cc(-c4cc5nccnc5c5nccnc45)cc(-c4cccc5c4oc4ccccc45)c3)cccc12.c1ccc2c(c1)sc1c(-c3cc(-c4cc5nccnc5c5nccnc45)cc(-c4cccc5c4sc4ccccc45)c3)cccc12.c1ccc2c(c1)sc1ccc(-c3ccc(-c4ccnc5c4ccc4nccnc45)cc3)cc12. The first-order valence-electron chi connectivity index (χ1n) is 41.1. The summed E-state index contributed by atoms with van der Waals surface area (Å²) >= 11 is 5.57.